The minimum absolute atomic E-state index is 0.0987. The summed E-state index contributed by atoms with van der Waals surface area (Å²) in [7, 11) is 1.61. The Morgan fingerprint density at radius 3 is 2.69 bits per heavy atom. The van der Waals surface area contributed by atoms with Crippen molar-refractivity contribution in [3.63, 3.8) is 0 Å². The van der Waals surface area contributed by atoms with Crippen LogP contribution in [0.3, 0.4) is 0 Å². The Morgan fingerprint density at radius 2 is 2.06 bits per heavy atom. The van der Waals surface area contributed by atoms with Crippen molar-refractivity contribution in [1.82, 2.24) is 14.8 Å². The van der Waals surface area contributed by atoms with Gasteiger partial charge >= 0.3 is 6.03 Å². The zero-order chi connectivity index (χ0) is 26.4. The van der Waals surface area contributed by atoms with Gasteiger partial charge in [0.2, 0.25) is 5.88 Å². The molecule has 9 nitrogen and oxygen atoms in total. The van der Waals surface area contributed by atoms with Gasteiger partial charge in [-0.25, -0.2) is 14.2 Å². The number of ether oxygens (including phenoxy) is 1. The zero-order valence-electron chi connectivity index (χ0n) is 20.7. The minimum atomic E-state index is -0.841. The number of fused-ring (bicyclic) bond motifs is 1. The zero-order valence-corrected chi connectivity index (χ0v) is 20.7. The van der Waals surface area contributed by atoms with Crippen molar-refractivity contribution in [2.24, 2.45) is 5.92 Å². The van der Waals surface area contributed by atoms with Crippen LogP contribution in [0.25, 0.3) is 0 Å². The Morgan fingerprint density at radius 1 is 1.36 bits per heavy atom. The van der Waals surface area contributed by atoms with Crippen molar-refractivity contribution >= 4 is 17.6 Å². The number of pyridine rings is 1. The molecule has 0 unspecified atom stereocenters. The smallest absolute Gasteiger partial charge is 0.321 e. The topological polar surface area (TPSA) is 115 Å². The Bertz CT molecular complexity index is 1150. The average Bonchev–Trinajstić information content (AvgIpc) is 2.85. The largest absolute Gasteiger partial charge is 0.472 e. The van der Waals surface area contributed by atoms with E-state index in [0.717, 1.165) is 0 Å². The van der Waals surface area contributed by atoms with Gasteiger partial charge in [0.05, 0.1) is 19.2 Å². The van der Waals surface area contributed by atoms with Crippen LogP contribution in [0.4, 0.5) is 14.9 Å². The molecule has 1 aliphatic rings. The molecule has 0 aliphatic carbocycles. The van der Waals surface area contributed by atoms with Crippen LogP contribution in [0.15, 0.2) is 36.5 Å². The summed E-state index contributed by atoms with van der Waals surface area (Å²) in [4.78, 5) is 33.4. The number of urea groups is 1. The van der Waals surface area contributed by atoms with Crippen LogP contribution < -0.4 is 10.1 Å². The first-order chi connectivity index (χ1) is 17.1. The summed E-state index contributed by atoms with van der Waals surface area (Å²) in [5.74, 6) is 4.53. The summed E-state index contributed by atoms with van der Waals surface area (Å²) < 4.78 is 19.3. The second kappa shape index (κ2) is 11.8. The van der Waals surface area contributed by atoms with Gasteiger partial charge in [0.15, 0.2) is 0 Å². The molecule has 4 atom stereocenters. The SMILES string of the molecule is C[C@H](O)C#Cc1cnc2c(c1)C(=O)N([C@H](C)CO)C[C@H](C)[C@H](CN(C)C(=O)Nc1ccc(F)cc1)O2. The highest BCUT2D eigenvalue weighted by atomic mass is 19.1. The molecule has 1 aliphatic heterocycles. The van der Waals surface area contributed by atoms with Crippen molar-refractivity contribution in [2.45, 2.75) is 39.0 Å². The number of anilines is 1. The molecule has 0 radical (unpaired) electrons. The first kappa shape index (κ1) is 26.9. The summed E-state index contributed by atoms with van der Waals surface area (Å²) >= 11 is 0. The van der Waals surface area contributed by atoms with Gasteiger partial charge in [-0.2, -0.15) is 0 Å². The van der Waals surface area contributed by atoms with E-state index in [-0.39, 0.29) is 43.0 Å². The number of hydrogen-bond acceptors (Lipinski definition) is 6. The molecule has 2 aromatic rings. The second-order valence-corrected chi connectivity index (χ2v) is 8.96. The maximum Gasteiger partial charge on any atom is 0.321 e. The lowest BCUT2D eigenvalue weighted by Crippen LogP contribution is -2.50. The second-order valence-electron chi connectivity index (χ2n) is 8.96. The highest BCUT2D eigenvalue weighted by Gasteiger charge is 2.34. The molecule has 3 N–H and O–H groups in total. The van der Waals surface area contributed by atoms with Crippen molar-refractivity contribution in [3.8, 4) is 17.7 Å². The van der Waals surface area contributed by atoms with Gasteiger partial charge in [0.1, 0.15) is 23.6 Å². The summed E-state index contributed by atoms with van der Waals surface area (Å²) in [6, 6.07) is 6.13. The molecule has 192 valence electrons. The predicted octanol–water partition coefficient (Wildman–Crippen LogP) is 2.34. The molecule has 36 heavy (non-hydrogen) atoms. The van der Waals surface area contributed by atoms with Crippen LogP contribution in [-0.2, 0) is 0 Å². The van der Waals surface area contributed by atoms with Crippen LogP contribution in [0.1, 0.15) is 36.7 Å². The Kier molecular flexibility index (Phi) is 8.85. The van der Waals surface area contributed by atoms with Gasteiger partial charge in [-0.3, -0.25) is 4.79 Å². The molecule has 10 heteroatoms. The van der Waals surface area contributed by atoms with Gasteiger partial charge in [-0.15, -0.1) is 0 Å². The maximum atomic E-state index is 13.4. The molecular formula is C26H31FN4O5. The minimum Gasteiger partial charge on any atom is -0.472 e. The van der Waals surface area contributed by atoms with Crippen LogP contribution in [0.5, 0.6) is 5.88 Å². The molecule has 0 spiro atoms. The Hall–Kier alpha value is -3.68. The molecule has 0 saturated carbocycles. The van der Waals surface area contributed by atoms with E-state index in [1.807, 2.05) is 6.92 Å². The number of carbonyl (C=O) groups is 2. The first-order valence-electron chi connectivity index (χ1n) is 11.6. The Labute approximate surface area is 209 Å². The van der Waals surface area contributed by atoms with Gasteiger partial charge in [-0.05, 0) is 44.2 Å². The van der Waals surface area contributed by atoms with Crippen LogP contribution in [0, 0.1) is 23.6 Å². The standard InChI is InChI=1S/C26H31FN4O5/c1-16-13-31(17(2)15-32)25(34)22-11-19(6-5-18(3)33)12-28-24(22)36-23(16)14-30(4)26(35)29-21-9-7-20(27)8-10-21/h7-12,16-18,23,32-33H,13-15H2,1-4H3,(H,29,35)/t16-,17+,18-,23-/m0/s1. The van der Waals surface area contributed by atoms with Gasteiger partial charge < -0.3 is 30.1 Å². The molecule has 0 fully saturated rings. The lowest BCUT2D eigenvalue weighted by molar-refractivity contribution is 0.0356. The third-order valence-corrected chi connectivity index (χ3v) is 5.84. The van der Waals surface area contributed by atoms with E-state index < -0.39 is 30.1 Å². The number of carbonyl (C=O) groups excluding carboxylic acids is 2. The molecular weight excluding hydrogens is 467 g/mol. The monoisotopic (exact) mass is 498 g/mol. The summed E-state index contributed by atoms with van der Waals surface area (Å²) in [5.41, 5.74) is 1.07. The lowest BCUT2D eigenvalue weighted by atomic mass is 10.00. The fourth-order valence-corrected chi connectivity index (χ4v) is 3.68. The van der Waals surface area contributed by atoms with E-state index in [1.165, 1.54) is 42.3 Å². The molecule has 3 amide bonds. The normalized spacial score (nSPS) is 19.0. The highest BCUT2D eigenvalue weighted by Crippen LogP contribution is 2.27. The van der Waals surface area contributed by atoms with Gasteiger partial charge in [0, 0.05) is 37.0 Å². The van der Waals surface area contributed by atoms with E-state index >= 15 is 0 Å². The van der Waals surface area contributed by atoms with Crippen LogP contribution >= 0.6 is 0 Å². The van der Waals surface area contributed by atoms with Gasteiger partial charge in [0.25, 0.3) is 5.91 Å². The fourth-order valence-electron chi connectivity index (χ4n) is 3.68. The number of halogens is 1. The van der Waals surface area contributed by atoms with Crippen LogP contribution in [0.2, 0.25) is 0 Å². The van der Waals surface area contributed by atoms with Crippen molar-refractivity contribution < 1.29 is 28.9 Å². The summed E-state index contributed by atoms with van der Waals surface area (Å²) in [6.45, 7) is 5.40. The number of aromatic nitrogens is 1. The highest BCUT2D eigenvalue weighted by molar-refractivity contribution is 5.97. The van der Waals surface area contributed by atoms with Crippen molar-refractivity contribution in [1.29, 1.82) is 0 Å². The number of aliphatic hydroxyl groups excluding tert-OH is 2. The lowest BCUT2D eigenvalue weighted by Gasteiger charge is -2.37. The number of likely N-dealkylation sites (N-methyl/N-ethyl adjacent to an activating group) is 1. The molecule has 2 heterocycles. The molecule has 0 bridgehead atoms. The van der Waals surface area contributed by atoms with E-state index in [9.17, 15) is 24.2 Å². The number of benzene rings is 1. The maximum absolute atomic E-state index is 13.4. The van der Waals surface area contributed by atoms with E-state index in [1.54, 1.807) is 24.9 Å². The number of hydrogen-bond donors (Lipinski definition) is 3. The molecule has 3 rings (SSSR count). The van der Waals surface area contributed by atoms with Crippen molar-refractivity contribution in [3.05, 3.63) is 53.5 Å². The van der Waals surface area contributed by atoms with Crippen molar-refractivity contribution in [2.75, 3.05) is 32.1 Å². The summed E-state index contributed by atoms with van der Waals surface area (Å²) in [6.07, 6.45) is 0.0816. The average molecular weight is 499 g/mol. The molecule has 1 aromatic carbocycles. The summed E-state index contributed by atoms with van der Waals surface area (Å²) in [5, 5.41) is 21.9. The third-order valence-electron chi connectivity index (χ3n) is 5.84. The fraction of sp³-hybridized carbons (Fsp3) is 0.423. The number of rotatable bonds is 5. The number of nitrogens with zero attached hydrogens (tertiary/aromatic N) is 3. The van der Waals surface area contributed by atoms with E-state index in [4.69, 9.17) is 4.74 Å². The Balaban J connectivity index is 1.87. The number of amides is 3. The third kappa shape index (κ3) is 6.71. The number of nitrogens with one attached hydrogen (secondary N) is 1. The first-order valence-corrected chi connectivity index (χ1v) is 11.6. The number of aliphatic hydroxyl groups is 2. The molecule has 1 aromatic heterocycles. The van der Waals surface area contributed by atoms with E-state index in [2.05, 4.69) is 22.1 Å². The predicted molar refractivity (Wildman–Crippen MR) is 132 cm³/mol. The quantitative estimate of drug-likeness (QED) is 0.545. The van der Waals surface area contributed by atoms with Crippen LogP contribution in [-0.4, -0.2) is 81.9 Å². The molecule has 0 saturated heterocycles. The van der Waals surface area contributed by atoms with Gasteiger partial charge in [-0.1, -0.05) is 18.8 Å². The van der Waals surface area contributed by atoms with E-state index in [0.29, 0.717) is 11.3 Å².